The lowest BCUT2D eigenvalue weighted by atomic mass is 9.99. The van der Waals surface area contributed by atoms with Gasteiger partial charge in [0.15, 0.2) is 0 Å². The zero-order valence-corrected chi connectivity index (χ0v) is 9.62. The Morgan fingerprint density at radius 3 is 2.56 bits per heavy atom. The summed E-state index contributed by atoms with van der Waals surface area (Å²) in [6.45, 7) is 3.64. The molecule has 16 heavy (non-hydrogen) atoms. The van der Waals surface area contributed by atoms with E-state index in [1.807, 2.05) is 0 Å². The van der Waals surface area contributed by atoms with Gasteiger partial charge in [-0.1, -0.05) is 5.92 Å². The second-order valence-corrected chi connectivity index (χ2v) is 5.01. The molecule has 1 aliphatic carbocycles. The van der Waals surface area contributed by atoms with Crippen LogP contribution in [0.3, 0.4) is 0 Å². The van der Waals surface area contributed by atoms with Crippen molar-refractivity contribution >= 4 is 11.8 Å². The van der Waals surface area contributed by atoms with Gasteiger partial charge in [-0.3, -0.25) is 9.59 Å². The van der Waals surface area contributed by atoms with E-state index in [4.69, 9.17) is 6.42 Å². The van der Waals surface area contributed by atoms with Gasteiger partial charge in [-0.2, -0.15) is 0 Å². The fourth-order valence-electron chi connectivity index (χ4n) is 1.97. The number of piperazine rings is 1. The first-order valence-corrected chi connectivity index (χ1v) is 5.54. The highest BCUT2D eigenvalue weighted by Crippen LogP contribution is 2.35. The molecular weight excluding hydrogens is 204 g/mol. The standard InChI is InChI=1S/C12H16N2O2/c1-4-12(2,3)14-7-9(15)13-10(11(14)16)8-5-6-8/h1,8,10H,5-7H2,2-3H3,(H,13,15). The zero-order chi connectivity index (χ0) is 11.9. The summed E-state index contributed by atoms with van der Waals surface area (Å²) in [5.41, 5.74) is -0.692. The number of carbonyl (C=O) groups is 2. The van der Waals surface area contributed by atoms with Gasteiger partial charge in [0.2, 0.25) is 11.8 Å². The molecule has 1 saturated carbocycles. The van der Waals surface area contributed by atoms with Crippen LogP contribution < -0.4 is 5.32 Å². The van der Waals surface area contributed by atoms with Crippen molar-refractivity contribution in [1.29, 1.82) is 0 Å². The molecule has 0 spiro atoms. The van der Waals surface area contributed by atoms with Crippen molar-refractivity contribution in [3.8, 4) is 12.3 Å². The van der Waals surface area contributed by atoms with Crippen LogP contribution in [-0.4, -0.2) is 34.8 Å². The van der Waals surface area contributed by atoms with E-state index >= 15 is 0 Å². The van der Waals surface area contributed by atoms with Gasteiger partial charge in [0.1, 0.15) is 12.6 Å². The maximum absolute atomic E-state index is 12.2. The molecule has 0 bridgehead atoms. The molecule has 2 amide bonds. The minimum Gasteiger partial charge on any atom is -0.342 e. The van der Waals surface area contributed by atoms with E-state index in [0.29, 0.717) is 5.92 Å². The molecule has 0 radical (unpaired) electrons. The Morgan fingerprint density at radius 2 is 2.06 bits per heavy atom. The smallest absolute Gasteiger partial charge is 0.247 e. The lowest BCUT2D eigenvalue weighted by molar-refractivity contribution is -0.148. The molecule has 1 saturated heterocycles. The monoisotopic (exact) mass is 220 g/mol. The minimum absolute atomic E-state index is 0.0370. The van der Waals surface area contributed by atoms with E-state index in [-0.39, 0.29) is 24.4 Å². The number of rotatable bonds is 2. The molecule has 1 aliphatic heterocycles. The van der Waals surface area contributed by atoms with Gasteiger partial charge in [0, 0.05) is 0 Å². The number of carbonyl (C=O) groups excluding carboxylic acids is 2. The summed E-state index contributed by atoms with van der Waals surface area (Å²) in [6, 6.07) is -0.353. The van der Waals surface area contributed by atoms with Gasteiger partial charge in [-0.05, 0) is 32.6 Å². The van der Waals surface area contributed by atoms with Gasteiger partial charge in [0.25, 0.3) is 0 Å². The Balaban J connectivity index is 2.22. The number of hydrogen-bond donors (Lipinski definition) is 1. The average Bonchev–Trinajstić information content (AvgIpc) is 3.04. The maximum Gasteiger partial charge on any atom is 0.247 e. The molecular formula is C12H16N2O2. The van der Waals surface area contributed by atoms with E-state index < -0.39 is 5.54 Å². The SMILES string of the molecule is C#CC(C)(C)N1CC(=O)NC(C2CC2)C1=O. The molecule has 1 N–H and O–H groups in total. The van der Waals surface area contributed by atoms with Crippen molar-refractivity contribution in [3.05, 3.63) is 0 Å². The first-order chi connectivity index (χ1) is 7.45. The maximum atomic E-state index is 12.2. The van der Waals surface area contributed by atoms with E-state index in [0.717, 1.165) is 12.8 Å². The summed E-state index contributed by atoms with van der Waals surface area (Å²) in [4.78, 5) is 25.2. The molecule has 1 unspecified atom stereocenters. The Labute approximate surface area is 95.4 Å². The summed E-state index contributed by atoms with van der Waals surface area (Å²) < 4.78 is 0. The number of nitrogens with one attached hydrogen (secondary N) is 1. The second kappa shape index (κ2) is 3.51. The predicted octanol–water partition coefficient (Wildman–Crippen LogP) is 0.135. The van der Waals surface area contributed by atoms with Crippen molar-refractivity contribution in [3.63, 3.8) is 0 Å². The molecule has 0 aromatic heterocycles. The van der Waals surface area contributed by atoms with Crippen molar-refractivity contribution in [2.75, 3.05) is 6.54 Å². The first kappa shape index (κ1) is 11.0. The number of amides is 2. The highest BCUT2D eigenvalue weighted by Gasteiger charge is 2.45. The van der Waals surface area contributed by atoms with Crippen LogP contribution in [0.5, 0.6) is 0 Å². The van der Waals surface area contributed by atoms with Gasteiger partial charge in [-0.25, -0.2) is 0 Å². The van der Waals surface area contributed by atoms with Crippen LogP contribution >= 0.6 is 0 Å². The van der Waals surface area contributed by atoms with E-state index in [2.05, 4.69) is 11.2 Å². The van der Waals surface area contributed by atoms with Gasteiger partial charge >= 0.3 is 0 Å². The molecule has 86 valence electrons. The van der Waals surface area contributed by atoms with Gasteiger partial charge in [0.05, 0.1) is 5.54 Å². The van der Waals surface area contributed by atoms with E-state index in [1.165, 1.54) is 4.90 Å². The van der Waals surface area contributed by atoms with Crippen LogP contribution in [0.4, 0.5) is 0 Å². The lowest BCUT2D eigenvalue weighted by Gasteiger charge is -2.40. The van der Waals surface area contributed by atoms with E-state index in [9.17, 15) is 9.59 Å². The third-order valence-electron chi connectivity index (χ3n) is 3.27. The minimum atomic E-state index is -0.692. The number of hydrogen-bond acceptors (Lipinski definition) is 2. The third kappa shape index (κ3) is 1.78. The Morgan fingerprint density at radius 1 is 1.44 bits per heavy atom. The van der Waals surface area contributed by atoms with Crippen molar-refractivity contribution in [2.24, 2.45) is 5.92 Å². The van der Waals surface area contributed by atoms with Crippen LogP contribution in [0.1, 0.15) is 26.7 Å². The van der Waals surface area contributed by atoms with Crippen LogP contribution in [0, 0.1) is 18.3 Å². The summed E-state index contributed by atoms with van der Waals surface area (Å²) in [5, 5.41) is 2.76. The van der Waals surface area contributed by atoms with Crippen LogP contribution in [0.15, 0.2) is 0 Å². The Kier molecular flexibility index (Phi) is 2.42. The quantitative estimate of drug-likeness (QED) is 0.673. The first-order valence-electron chi connectivity index (χ1n) is 5.54. The van der Waals surface area contributed by atoms with Crippen molar-refractivity contribution in [1.82, 2.24) is 10.2 Å². The molecule has 1 atom stereocenters. The lowest BCUT2D eigenvalue weighted by Crippen LogP contribution is -2.63. The largest absolute Gasteiger partial charge is 0.342 e. The molecule has 2 rings (SSSR count). The molecule has 2 aliphatic rings. The molecule has 0 aromatic carbocycles. The van der Waals surface area contributed by atoms with Crippen LogP contribution in [-0.2, 0) is 9.59 Å². The fraction of sp³-hybridized carbons (Fsp3) is 0.667. The van der Waals surface area contributed by atoms with Crippen LogP contribution in [0.2, 0.25) is 0 Å². The van der Waals surface area contributed by atoms with Crippen molar-refractivity contribution < 1.29 is 9.59 Å². The van der Waals surface area contributed by atoms with Crippen LogP contribution in [0.25, 0.3) is 0 Å². The third-order valence-corrected chi connectivity index (χ3v) is 3.27. The summed E-state index contributed by atoms with van der Waals surface area (Å²) in [5.74, 6) is 2.73. The molecule has 4 heteroatoms. The Bertz CT molecular complexity index is 377. The van der Waals surface area contributed by atoms with Gasteiger partial charge in [-0.15, -0.1) is 6.42 Å². The summed E-state index contributed by atoms with van der Waals surface area (Å²) >= 11 is 0. The highest BCUT2D eigenvalue weighted by atomic mass is 16.2. The molecule has 0 aromatic rings. The second-order valence-electron chi connectivity index (χ2n) is 5.01. The molecule has 4 nitrogen and oxygen atoms in total. The highest BCUT2D eigenvalue weighted by molar-refractivity contribution is 5.96. The Hall–Kier alpha value is -1.50. The topological polar surface area (TPSA) is 49.4 Å². The zero-order valence-electron chi connectivity index (χ0n) is 9.62. The summed E-state index contributed by atoms with van der Waals surface area (Å²) in [6.07, 6.45) is 7.44. The average molecular weight is 220 g/mol. The predicted molar refractivity (Wildman–Crippen MR) is 59.3 cm³/mol. The number of nitrogens with zero attached hydrogens (tertiary/aromatic N) is 1. The molecule has 2 fully saturated rings. The summed E-state index contributed by atoms with van der Waals surface area (Å²) in [7, 11) is 0. The fourth-order valence-corrected chi connectivity index (χ4v) is 1.97. The number of terminal acetylenes is 1. The molecule has 1 heterocycles. The van der Waals surface area contributed by atoms with Crippen molar-refractivity contribution in [2.45, 2.75) is 38.3 Å². The van der Waals surface area contributed by atoms with Gasteiger partial charge < -0.3 is 10.2 Å². The van der Waals surface area contributed by atoms with E-state index in [1.54, 1.807) is 13.8 Å². The normalized spacial score (nSPS) is 26.3.